The number of hydrogen-bond donors (Lipinski definition) is 1. The monoisotopic (exact) mass is 257 g/mol. The van der Waals surface area contributed by atoms with E-state index in [0.29, 0.717) is 0 Å². The quantitative estimate of drug-likeness (QED) is 0.851. The van der Waals surface area contributed by atoms with E-state index in [0.717, 1.165) is 16.1 Å². The first-order valence-electron chi connectivity index (χ1n) is 5.06. The van der Waals surface area contributed by atoms with E-state index in [9.17, 15) is 13.2 Å². The van der Waals surface area contributed by atoms with Crippen LogP contribution in [-0.4, -0.2) is 36.1 Å². The summed E-state index contributed by atoms with van der Waals surface area (Å²) in [6.07, 6.45) is 1.01. The molecule has 0 saturated carbocycles. The van der Waals surface area contributed by atoms with Gasteiger partial charge in [0.05, 0.1) is 6.26 Å². The van der Waals surface area contributed by atoms with Crippen molar-refractivity contribution >= 4 is 16.0 Å². The Bertz CT molecular complexity index is 483. The van der Waals surface area contributed by atoms with E-state index in [1.165, 1.54) is 6.92 Å². The number of carboxylic acid groups (broad SMARTS) is 1. The Morgan fingerprint density at radius 3 is 2.29 bits per heavy atom. The second-order valence-electron chi connectivity index (χ2n) is 3.81. The molecule has 6 heteroatoms. The van der Waals surface area contributed by atoms with E-state index in [4.69, 9.17) is 5.11 Å². The maximum atomic E-state index is 11.5. The molecule has 0 aliphatic rings. The van der Waals surface area contributed by atoms with Crippen molar-refractivity contribution in [3.05, 3.63) is 35.9 Å². The zero-order valence-corrected chi connectivity index (χ0v) is 10.5. The van der Waals surface area contributed by atoms with Crippen molar-refractivity contribution in [2.75, 3.05) is 6.26 Å². The van der Waals surface area contributed by atoms with Gasteiger partial charge < -0.3 is 5.11 Å². The van der Waals surface area contributed by atoms with E-state index >= 15 is 0 Å². The molecular formula is C11H15NO4S. The number of nitrogens with zero attached hydrogens (tertiary/aromatic N) is 1. The molecule has 0 spiro atoms. The smallest absolute Gasteiger partial charge is 0.321 e. The van der Waals surface area contributed by atoms with Crippen molar-refractivity contribution in [2.45, 2.75) is 19.5 Å². The van der Waals surface area contributed by atoms with Crippen LogP contribution in [0.4, 0.5) is 0 Å². The molecule has 94 valence electrons. The van der Waals surface area contributed by atoms with E-state index < -0.39 is 22.0 Å². The Labute approximate surface area is 101 Å². The lowest BCUT2D eigenvalue weighted by molar-refractivity contribution is -0.141. The summed E-state index contributed by atoms with van der Waals surface area (Å²) in [5.41, 5.74) is 0.756. The van der Waals surface area contributed by atoms with Crippen molar-refractivity contribution in [1.82, 2.24) is 4.31 Å². The maximum Gasteiger partial charge on any atom is 0.321 e. The Kier molecular flexibility index (Phi) is 4.25. The zero-order chi connectivity index (χ0) is 13.1. The normalized spacial score (nSPS) is 13.6. The van der Waals surface area contributed by atoms with Crippen LogP contribution in [0.25, 0.3) is 0 Å². The van der Waals surface area contributed by atoms with Crippen LogP contribution in [-0.2, 0) is 21.4 Å². The third-order valence-corrected chi connectivity index (χ3v) is 3.69. The number of carbonyl (C=O) groups is 1. The molecule has 0 aromatic heterocycles. The van der Waals surface area contributed by atoms with Gasteiger partial charge in [-0.15, -0.1) is 0 Å². The lowest BCUT2D eigenvalue weighted by Crippen LogP contribution is -2.42. The molecular weight excluding hydrogens is 242 g/mol. The molecule has 1 unspecified atom stereocenters. The average Bonchev–Trinajstić information content (AvgIpc) is 2.24. The molecule has 1 N–H and O–H groups in total. The molecule has 1 atom stereocenters. The van der Waals surface area contributed by atoms with Crippen LogP contribution < -0.4 is 0 Å². The standard InChI is InChI=1S/C11H15NO4S/c1-9(11(13)14)12(17(2,15)16)8-10-6-4-3-5-7-10/h3-7,9H,8H2,1-2H3,(H,13,14). The highest BCUT2D eigenvalue weighted by Crippen LogP contribution is 2.12. The molecule has 0 aliphatic carbocycles. The van der Waals surface area contributed by atoms with Gasteiger partial charge in [0, 0.05) is 6.54 Å². The van der Waals surface area contributed by atoms with Crippen molar-refractivity contribution in [2.24, 2.45) is 0 Å². The van der Waals surface area contributed by atoms with Gasteiger partial charge in [-0.25, -0.2) is 8.42 Å². The molecule has 0 heterocycles. The lowest BCUT2D eigenvalue weighted by atomic mass is 10.2. The second kappa shape index (κ2) is 5.29. The van der Waals surface area contributed by atoms with Crippen LogP contribution >= 0.6 is 0 Å². The fourth-order valence-electron chi connectivity index (χ4n) is 1.43. The number of benzene rings is 1. The summed E-state index contributed by atoms with van der Waals surface area (Å²) in [4.78, 5) is 10.9. The topological polar surface area (TPSA) is 74.7 Å². The Morgan fingerprint density at radius 1 is 1.35 bits per heavy atom. The first kappa shape index (κ1) is 13.7. The first-order chi connectivity index (χ1) is 7.82. The third-order valence-electron chi connectivity index (χ3n) is 2.40. The molecule has 0 amide bonds. The second-order valence-corrected chi connectivity index (χ2v) is 5.74. The summed E-state index contributed by atoms with van der Waals surface area (Å²) in [5, 5.41) is 8.89. The summed E-state index contributed by atoms with van der Waals surface area (Å²) in [5.74, 6) is -1.16. The molecule has 5 nitrogen and oxygen atoms in total. The van der Waals surface area contributed by atoms with Crippen molar-refractivity contribution in [1.29, 1.82) is 0 Å². The van der Waals surface area contributed by atoms with Gasteiger partial charge in [-0.3, -0.25) is 4.79 Å². The minimum atomic E-state index is -3.55. The minimum absolute atomic E-state index is 0.0626. The summed E-state index contributed by atoms with van der Waals surface area (Å²) in [7, 11) is -3.55. The number of sulfonamides is 1. The van der Waals surface area contributed by atoms with Crippen LogP contribution in [0, 0.1) is 0 Å². The van der Waals surface area contributed by atoms with Crippen LogP contribution in [0.2, 0.25) is 0 Å². The Hall–Kier alpha value is -1.40. The fourth-order valence-corrected chi connectivity index (χ4v) is 2.48. The van der Waals surface area contributed by atoms with Crippen molar-refractivity contribution in [3.63, 3.8) is 0 Å². The van der Waals surface area contributed by atoms with Crippen LogP contribution in [0.1, 0.15) is 12.5 Å². The van der Waals surface area contributed by atoms with Crippen molar-refractivity contribution < 1.29 is 18.3 Å². The van der Waals surface area contributed by atoms with Gasteiger partial charge in [0.1, 0.15) is 6.04 Å². The summed E-state index contributed by atoms with van der Waals surface area (Å²) in [6.45, 7) is 1.42. The van der Waals surface area contributed by atoms with Gasteiger partial charge in [-0.1, -0.05) is 30.3 Å². The summed E-state index contributed by atoms with van der Waals surface area (Å²) < 4.78 is 24.1. The maximum absolute atomic E-state index is 11.5. The van der Waals surface area contributed by atoms with E-state index in [1.54, 1.807) is 24.3 Å². The highest BCUT2D eigenvalue weighted by atomic mass is 32.2. The molecule has 0 fully saturated rings. The molecule has 1 rings (SSSR count). The summed E-state index contributed by atoms with van der Waals surface area (Å²) >= 11 is 0. The highest BCUT2D eigenvalue weighted by Gasteiger charge is 2.28. The SMILES string of the molecule is CC(C(=O)O)N(Cc1ccccc1)S(C)(=O)=O. The largest absolute Gasteiger partial charge is 0.480 e. The predicted molar refractivity (Wildman–Crippen MR) is 63.9 cm³/mol. The highest BCUT2D eigenvalue weighted by molar-refractivity contribution is 7.88. The summed E-state index contributed by atoms with van der Waals surface area (Å²) in [6, 6.07) is 7.81. The van der Waals surface area contributed by atoms with Gasteiger partial charge >= 0.3 is 5.97 Å². The Balaban J connectivity index is 2.98. The number of carboxylic acids is 1. The van der Waals surface area contributed by atoms with Crippen LogP contribution in [0.15, 0.2) is 30.3 Å². The van der Waals surface area contributed by atoms with Gasteiger partial charge in [-0.05, 0) is 12.5 Å². The van der Waals surface area contributed by atoms with Crippen LogP contribution in [0.5, 0.6) is 0 Å². The Morgan fingerprint density at radius 2 is 1.88 bits per heavy atom. The molecule has 1 aromatic rings. The van der Waals surface area contributed by atoms with Gasteiger partial charge in [0.2, 0.25) is 10.0 Å². The average molecular weight is 257 g/mol. The molecule has 0 aliphatic heterocycles. The lowest BCUT2D eigenvalue weighted by Gasteiger charge is -2.23. The van der Waals surface area contributed by atoms with Gasteiger partial charge in [0.25, 0.3) is 0 Å². The predicted octanol–water partition coefficient (Wildman–Crippen LogP) is 0.921. The van der Waals surface area contributed by atoms with Crippen molar-refractivity contribution in [3.8, 4) is 0 Å². The van der Waals surface area contributed by atoms with Gasteiger partial charge in [0.15, 0.2) is 0 Å². The van der Waals surface area contributed by atoms with Gasteiger partial charge in [-0.2, -0.15) is 4.31 Å². The first-order valence-corrected chi connectivity index (χ1v) is 6.90. The van der Waals surface area contributed by atoms with E-state index in [-0.39, 0.29) is 6.54 Å². The molecule has 0 radical (unpaired) electrons. The number of aliphatic carboxylic acids is 1. The molecule has 0 bridgehead atoms. The number of hydrogen-bond acceptors (Lipinski definition) is 3. The number of rotatable bonds is 5. The van der Waals surface area contributed by atoms with E-state index in [1.807, 2.05) is 6.07 Å². The van der Waals surface area contributed by atoms with Crippen LogP contribution in [0.3, 0.4) is 0 Å². The third kappa shape index (κ3) is 3.83. The van der Waals surface area contributed by atoms with E-state index in [2.05, 4.69) is 0 Å². The minimum Gasteiger partial charge on any atom is -0.480 e. The fraction of sp³-hybridized carbons (Fsp3) is 0.364. The molecule has 17 heavy (non-hydrogen) atoms. The zero-order valence-electron chi connectivity index (χ0n) is 9.70. The molecule has 1 aromatic carbocycles. The molecule has 0 saturated heterocycles.